The molecule has 2 aromatic carbocycles. The summed E-state index contributed by atoms with van der Waals surface area (Å²) in [5, 5.41) is 3.50. The van der Waals surface area contributed by atoms with Crippen molar-refractivity contribution in [1.82, 2.24) is 9.88 Å². The van der Waals surface area contributed by atoms with Crippen molar-refractivity contribution in [2.45, 2.75) is 26.2 Å². The average Bonchev–Trinajstić information content (AvgIpc) is 2.84. The van der Waals surface area contributed by atoms with Crippen LogP contribution in [0.1, 0.15) is 46.0 Å². The molecule has 4 rings (SSSR count). The molecule has 0 radical (unpaired) electrons. The first-order chi connectivity index (χ1) is 16.0. The molecule has 2 heterocycles. The Labute approximate surface area is 191 Å². The van der Waals surface area contributed by atoms with E-state index < -0.39 is 11.5 Å². The van der Waals surface area contributed by atoms with E-state index in [9.17, 15) is 14.4 Å². The fourth-order valence-electron chi connectivity index (χ4n) is 3.94. The summed E-state index contributed by atoms with van der Waals surface area (Å²) in [6.45, 7) is 3.69. The number of ether oxygens (including phenoxy) is 2. The third kappa shape index (κ3) is 4.90. The van der Waals surface area contributed by atoms with Crippen molar-refractivity contribution >= 4 is 28.4 Å². The Morgan fingerprint density at radius 3 is 2.64 bits per heavy atom. The number of hydrogen-bond donors (Lipinski definition) is 2. The summed E-state index contributed by atoms with van der Waals surface area (Å²) in [6.07, 6.45) is 2.59. The van der Waals surface area contributed by atoms with Crippen LogP contribution in [-0.2, 0) is 11.2 Å². The van der Waals surface area contributed by atoms with Crippen molar-refractivity contribution in [2.75, 3.05) is 32.3 Å². The molecule has 172 valence electrons. The van der Waals surface area contributed by atoms with E-state index in [4.69, 9.17) is 9.47 Å². The number of anilines is 1. The number of carbonyl (C=O) groups is 2. The Morgan fingerprint density at radius 2 is 1.97 bits per heavy atom. The van der Waals surface area contributed by atoms with Crippen molar-refractivity contribution in [3.05, 3.63) is 69.5 Å². The van der Waals surface area contributed by atoms with Gasteiger partial charge in [0.2, 0.25) is 0 Å². The zero-order valence-electron chi connectivity index (χ0n) is 18.8. The number of H-pyrrole nitrogens is 1. The summed E-state index contributed by atoms with van der Waals surface area (Å²) in [5.74, 6) is 0.0781. The number of amides is 2. The van der Waals surface area contributed by atoms with Crippen LogP contribution in [-0.4, -0.2) is 48.7 Å². The summed E-state index contributed by atoms with van der Waals surface area (Å²) in [6, 6.07) is 11.9. The van der Waals surface area contributed by atoms with Crippen LogP contribution < -0.4 is 15.6 Å². The maximum Gasteiger partial charge on any atom is 0.261 e. The number of pyridine rings is 1. The predicted molar refractivity (Wildman–Crippen MR) is 126 cm³/mol. The predicted octanol–water partition coefficient (Wildman–Crippen LogP) is 3.56. The van der Waals surface area contributed by atoms with E-state index in [1.807, 2.05) is 6.07 Å². The number of nitrogens with one attached hydrogen (secondary N) is 2. The maximum absolute atomic E-state index is 12.8. The Bertz CT molecular complexity index is 1230. The second kappa shape index (κ2) is 9.87. The number of nitrogens with zero attached hydrogens (tertiary/aromatic N) is 1. The number of benzene rings is 2. The number of fused-ring (bicyclic) bond motifs is 1. The zero-order valence-corrected chi connectivity index (χ0v) is 18.8. The van der Waals surface area contributed by atoms with E-state index in [0.717, 1.165) is 30.2 Å². The van der Waals surface area contributed by atoms with Gasteiger partial charge in [-0.05, 0) is 60.2 Å². The normalized spacial score (nSPS) is 13.7. The van der Waals surface area contributed by atoms with E-state index in [-0.39, 0.29) is 18.2 Å². The third-order valence-corrected chi connectivity index (χ3v) is 5.65. The van der Waals surface area contributed by atoms with E-state index in [1.54, 1.807) is 48.4 Å². The van der Waals surface area contributed by atoms with Gasteiger partial charge in [-0.25, -0.2) is 0 Å². The molecule has 0 bridgehead atoms. The summed E-state index contributed by atoms with van der Waals surface area (Å²) < 4.78 is 10.8. The molecule has 0 aliphatic carbocycles. The molecular weight excluding hydrogens is 422 g/mol. The number of carbonyl (C=O) groups excluding carboxylic acids is 2. The lowest BCUT2D eigenvalue weighted by molar-refractivity contribution is -0.00571. The lowest BCUT2D eigenvalue weighted by atomic mass is 10.0. The minimum Gasteiger partial charge on any atom is -0.496 e. The van der Waals surface area contributed by atoms with Crippen molar-refractivity contribution in [3.8, 4) is 5.75 Å². The quantitative estimate of drug-likeness (QED) is 0.599. The number of aromatic amines is 1. The van der Waals surface area contributed by atoms with Gasteiger partial charge in [0.1, 0.15) is 18.0 Å². The molecule has 0 unspecified atom stereocenters. The van der Waals surface area contributed by atoms with E-state index in [1.165, 1.54) is 0 Å². The average molecular weight is 450 g/mol. The molecule has 1 aliphatic rings. The molecule has 8 nitrogen and oxygen atoms in total. The van der Waals surface area contributed by atoms with Gasteiger partial charge in [0, 0.05) is 23.9 Å². The molecular formula is C25H27N3O5. The summed E-state index contributed by atoms with van der Waals surface area (Å²) in [7, 11) is 1.60. The van der Waals surface area contributed by atoms with Crippen LogP contribution in [0, 0.1) is 0 Å². The highest BCUT2D eigenvalue weighted by atomic mass is 16.5. The molecule has 0 atom stereocenters. The maximum atomic E-state index is 12.8. The van der Waals surface area contributed by atoms with Crippen LogP contribution in [0.25, 0.3) is 10.9 Å². The lowest BCUT2D eigenvalue weighted by Crippen LogP contribution is -2.38. The van der Waals surface area contributed by atoms with Gasteiger partial charge in [-0.1, -0.05) is 13.3 Å². The molecule has 3 aromatic rings. The number of hydrogen-bond acceptors (Lipinski definition) is 5. The second-order valence-corrected chi connectivity index (χ2v) is 8.00. The third-order valence-electron chi connectivity index (χ3n) is 5.65. The highest BCUT2D eigenvalue weighted by molar-refractivity contribution is 6.06. The largest absolute Gasteiger partial charge is 0.496 e. The molecule has 33 heavy (non-hydrogen) atoms. The molecule has 1 fully saturated rings. The minimum atomic E-state index is -0.519. The Kier molecular flexibility index (Phi) is 6.74. The van der Waals surface area contributed by atoms with E-state index >= 15 is 0 Å². The van der Waals surface area contributed by atoms with Crippen molar-refractivity contribution in [3.63, 3.8) is 0 Å². The van der Waals surface area contributed by atoms with Gasteiger partial charge in [0.15, 0.2) is 0 Å². The van der Waals surface area contributed by atoms with Gasteiger partial charge in [0.25, 0.3) is 17.4 Å². The van der Waals surface area contributed by atoms with Crippen molar-refractivity contribution < 1.29 is 19.1 Å². The minimum absolute atomic E-state index is 0.0146. The molecule has 0 spiro atoms. The van der Waals surface area contributed by atoms with Gasteiger partial charge >= 0.3 is 0 Å². The summed E-state index contributed by atoms with van der Waals surface area (Å²) in [5.41, 5.74) is 2.16. The fraction of sp³-hybridized carbons (Fsp3) is 0.320. The zero-order chi connectivity index (χ0) is 23.4. The monoisotopic (exact) mass is 449 g/mol. The van der Waals surface area contributed by atoms with Gasteiger partial charge in [-0.3, -0.25) is 14.4 Å². The van der Waals surface area contributed by atoms with E-state index in [2.05, 4.69) is 17.2 Å². The van der Waals surface area contributed by atoms with Crippen LogP contribution in [0.2, 0.25) is 0 Å². The number of aromatic nitrogens is 1. The van der Waals surface area contributed by atoms with Gasteiger partial charge in [-0.2, -0.15) is 0 Å². The molecule has 2 amide bonds. The smallest absolute Gasteiger partial charge is 0.261 e. The highest BCUT2D eigenvalue weighted by Gasteiger charge is 2.19. The molecule has 1 aliphatic heterocycles. The standard InChI is InChI=1S/C25H27N3O5/c1-3-5-17-12-18-13-20(24(30)27-21(18)14-22(17)32-2)23(29)26-19-8-6-16(7-9-19)25(31)28-10-4-11-33-15-28/h6-9,12-14H,3-5,10-11,15H2,1-2H3,(H,26,29)(H,27,30). The number of rotatable bonds is 6. The fourth-order valence-corrected chi connectivity index (χ4v) is 3.94. The first kappa shape index (κ1) is 22.5. The van der Waals surface area contributed by atoms with Crippen LogP contribution in [0.4, 0.5) is 5.69 Å². The SMILES string of the molecule is CCCc1cc2cc(C(=O)Nc3ccc(C(=O)N4CCCOC4)cc3)c(=O)[nH]c2cc1OC. The van der Waals surface area contributed by atoms with Crippen LogP contribution in [0.15, 0.2) is 47.3 Å². The van der Waals surface area contributed by atoms with Crippen LogP contribution in [0.5, 0.6) is 5.75 Å². The number of aryl methyl sites for hydroxylation is 1. The lowest BCUT2D eigenvalue weighted by Gasteiger charge is -2.26. The van der Waals surface area contributed by atoms with Crippen LogP contribution >= 0.6 is 0 Å². The first-order valence-corrected chi connectivity index (χ1v) is 11.0. The number of methoxy groups -OCH3 is 1. The van der Waals surface area contributed by atoms with Gasteiger partial charge < -0.3 is 24.7 Å². The molecule has 2 N–H and O–H groups in total. The highest BCUT2D eigenvalue weighted by Crippen LogP contribution is 2.26. The Balaban J connectivity index is 1.54. The molecule has 1 aromatic heterocycles. The first-order valence-electron chi connectivity index (χ1n) is 11.0. The van der Waals surface area contributed by atoms with Gasteiger partial charge in [-0.15, -0.1) is 0 Å². The molecule has 8 heteroatoms. The van der Waals surface area contributed by atoms with Crippen LogP contribution in [0.3, 0.4) is 0 Å². The second-order valence-electron chi connectivity index (χ2n) is 8.00. The Morgan fingerprint density at radius 1 is 1.18 bits per heavy atom. The van der Waals surface area contributed by atoms with Gasteiger partial charge in [0.05, 0.1) is 19.2 Å². The summed E-state index contributed by atoms with van der Waals surface area (Å²) in [4.78, 5) is 42.4. The van der Waals surface area contributed by atoms with E-state index in [0.29, 0.717) is 35.7 Å². The summed E-state index contributed by atoms with van der Waals surface area (Å²) >= 11 is 0. The molecule has 0 saturated carbocycles. The molecule has 1 saturated heterocycles. The topological polar surface area (TPSA) is 101 Å². The van der Waals surface area contributed by atoms with Crippen molar-refractivity contribution in [2.24, 2.45) is 0 Å². The van der Waals surface area contributed by atoms with Crippen molar-refractivity contribution in [1.29, 1.82) is 0 Å². The Hall–Kier alpha value is -3.65.